The third-order valence-electron chi connectivity index (χ3n) is 4.75. The second-order valence-electron chi connectivity index (χ2n) is 6.02. The van der Waals surface area contributed by atoms with Crippen LogP contribution in [-0.2, 0) is 0 Å². The van der Waals surface area contributed by atoms with E-state index in [2.05, 4.69) is 41.1 Å². The van der Waals surface area contributed by atoms with Crippen molar-refractivity contribution in [2.45, 2.75) is 31.2 Å². The first kappa shape index (κ1) is 12.9. The van der Waals surface area contributed by atoms with Gasteiger partial charge in [-0.3, -0.25) is 0 Å². The largest absolute Gasteiger partial charge is 0.368 e. The first-order chi connectivity index (χ1) is 9.29. The third kappa shape index (κ3) is 2.49. The van der Waals surface area contributed by atoms with Crippen LogP contribution in [0.2, 0.25) is 0 Å². The molecule has 2 N–H and O–H groups in total. The normalized spacial score (nSPS) is 24.7. The summed E-state index contributed by atoms with van der Waals surface area (Å²) in [6, 6.07) is 9.65. The van der Waals surface area contributed by atoms with Gasteiger partial charge >= 0.3 is 0 Å². The summed E-state index contributed by atoms with van der Waals surface area (Å²) in [6.07, 6.45) is 3.69. The van der Waals surface area contributed by atoms with Crippen molar-refractivity contribution < 1.29 is 0 Å². The van der Waals surface area contributed by atoms with Crippen LogP contribution in [-0.4, -0.2) is 44.2 Å². The summed E-state index contributed by atoms with van der Waals surface area (Å²) in [6.45, 7) is 4.42. The highest BCUT2D eigenvalue weighted by molar-refractivity contribution is 5.61. The molecule has 0 aromatic heterocycles. The van der Waals surface area contributed by atoms with E-state index in [9.17, 15) is 0 Å². The zero-order valence-electron chi connectivity index (χ0n) is 11.9. The number of likely N-dealkylation sites (tertiary alicyclic amines) is 1. The van der Waals surface area contributed by atoms with Crippen molar-refractivity contribution >= 4 is 5.69 Å². The number of anilines is 1. The highest BCUT2D eigenvalue weighted by atomic mass is 15.2. The van der Waals surface area contributed by atoms with Gasteiger partial charge in [0, 0.05) is 24.2 Å². The van der Waals surface area contributed by atoms with E-state index in [4.69, 9.17) is 5.73 Å². The Hall–Kier alpha value is -1.06. The lowest BCUT2D eigenvalue weighted by molar-refractivity contribution is 0.250. The topological polar surface area (TPSA) is 32.5 Å². The van der Waals surface area contributed by atoms with Crippen molar-refractivity contribution in [3.05, 3.63) is 29.8 Å². The zero-order chi connectivity index (χ0) is 13.2. The summed E-state index contributed by atoms with van der Waals surface area (Å²) in [5.41, 5.74) is 8.77. The van der Waals surface area contributed by atoms with Crippen molar-refractivity contribution in [2.75, 3.05) is 38.1 Å². The molecule has 0 bridgehead atoms. The molecule has 2 aliphatic rings. The molecule has 1 saturated heterocycles. The molecule has 1 aromatic rings. The molecule has 0 aliphatic carbocycles. The number of fused-ring (bicyclic) bond motifs is 1. The van der Waals surface area contributed by atoms with Gasteiger partial charge in [-0.2, -0.15) is 0 Å². The standard InChI is InChI=1S/C16H25N3/c1-18-10-7-14(8-11-18)19-12-13(6-9-17)15-4-2-3-5-16(15)19/h2-5,13-14H,6-12,17H2,1H3. The number of rotatable bonds is 3. The van der Waals surface area contributed by atoms with Gasteiger partial charge in [0.2, 0.25) is 0 Å². The second-order valence-corrected chi connectivity index (χ2v) is 6.02. The van der Waals surface area contributed by atoms with Crippen molar-refractivity contribution in [3.63, 3.8) is 0 Å². The number of hydrogen-bond acceptors (Lipinski definition) is 3. The van der Waals surface area contributed by atoms with E-state index in [0.717, 1.165) is 19.0 Å². The van der Waals surface area contributed by atoms with Gasteiger partial charge in [-0.1, -0.05) is 18.2 Å². The molecule has 1 aromatic carbocycles. The summed E-state index contributed by atoms with van der Waals surface area (Å²) in [7, 11) is 2.23. The van der Waals surface area contributed by atoms with Crippen molar-refractivity contribution in [2.24, 2.45) is 5.73 Å². The average molecular weight is 259 g/mol. The highest BCUT2D eigenvalue weighted by Gasteiger charge is 2.33. The predicted octanol–water partition coefficient (Wildman–Crippen LogP) is 2.03. The summed E-state index contributed by atoms with van der Waals surface area (Å²) in [5.74, 6) is 0.640. The van der Waals surface area contributed by atoms with Crippen LogP contribution in [0.3, 0.4) is 0 Å². The molecule has 1 fully saturated rings. The summed E-state index contributed by atoms with van der Waals surface area (Å²) < 4.78 is 0. The molecule has 0 amide bonds. The van der Waals surface area contributed by atoms with Gasteiger partial charge in [-0.25, -0.2) is 0 Å². The minimum Gasteiger partial charge on any atom is -0.368 e. The van der Waals surface area contributed by atoms with Crippen LogP contribution in [0.4, 0.5) is 5.69 Å². The monoisotopic (exact) mass is 259 g/mol. The maximum absolute atomic E-state index is 5.78. The molecule has 2 aliphatic heterocycles. The Kier molecular flexibility index (Phi) is 3.76. The maximum Gasteiger partial charge on any atom is 0.0405 e. The lowest BCUT2D eigenvalue weighted by Crippen LogP contribution is -2.43. The van der Waals surface area contributed by atoms with Crippen LogP contribution in [0.25, 0.3) is 0 Å². The van der Waals surface area contributed by atoms with Crippen molar-refractivity contribution in [1.82, 2.24) is 4.90 Å². The molecule has 1 atom stereocenters. The van der Waals surface area contributed by atoms with Gasteiger partial charge in [0.25, 0.3) is 0 Å². The van der Waals surface area contributed by atoms with E-state index in [1.165, 1.54) is 43.7 Å². The molecule has 3 nitrogen and oxygen atoms in total. The van der Waals surface area contributed by atoms with Crippen LogP contribution in [0.1, 0.15) is 30.7 Å². The molecular formula is C16H25N3. The van der Waals surface area contributed by atoms with E-state index in [1.54, 1.807) is 0 Å². The minimum absolute atomic E-state index is 0.640. The summed E-state index contributed by atoms with van der Waals surface area (Å²) in [4.78, 5) is 5.10. The molecule has 104 valence electrons. The number of piperidine rings is 1. The SMILES string of the molecule is CN1CCC(N2CC(CCN)c3ccccc32)CC1. The molecule has 0 spiro atoms. The van der Waals surface area contributed by atoms with Crippen LogP contribution in [0.15, 0.2) is 24.3 Å². The molecule has 2 heterocycles. The van der Waals surface area contributed by atoms with E-state index < -0.39 is 0 Å². The fraction of sp³-hybridized carbons (Fsp3) is 0.625. The lowest BCUT2D eigenvalue weighted by atomic mass is 9.98. The number of hydrogen-bond donors (Lipinski definition) is 1. The minimum atomic E-state index is 0.640. The number of nitrogens with zero attached hydrogens (tertiary/aromatic N) is 2. The number of nitrogens with two attached hydrogens (primary N) is 1. The van der Waals surface area contributed by atoms with Crippen molar-refractivity contribution in [1.29, 1.82) is 0 Å². The lowest BCUT2D eigenvalue weighted by Gasteiger charge is -2.37. The quantitative estimate of drug-likeness (QED) is 0.901. The second kappa shape index (κ2) is 5.51. The van der Waals surface area contributed by atoms with Crippen molar-refractivity contribution in [3.8, 4) is 0 Å². The fourth-order valence-corrected chi connectivity index (χ4v) is 3.63. The van der Waals surface area contributed by atoms with E-state index in [-0.39, 0.29) is 0 Å². The molecule has 1 unspecified atom stereocenters. The van der Waals surface area contributed by atoms with Gasteiger partial charge in [0.05, 0.1) is 0 Å². The van der Waals surface area contributed by atoms with Gasteiger partial charge in [0.15, 0.2) is 0 Å². The Morgan fingerprint density at radius 3 is 2.68 bits per heavy atom. The Labute approximate surface area is 116 Å². The first-order valence-corrected chi connectivity index (χ1v) is 7.53. The molecule has 19 heavy (non-hydrogen) atoms. The van der Waals surface area contributed by atoms with Gasteiger partial charge in [-0.15, -0.1) is 0 Å². The average Bonchev–Trinajstić information content (AvgIpc) is 2.80. The molecule has 0 saturated carbocycles. The van der Waals surface area contributed by atoms with Gasteiger partial charge in [-0.05, 0) is 57.6 Å². The van der Waals surface area contributed by atoms with E-state index in [0.29, 0.717) is 5.92 Å². The Morgan fingerprint density at radius 2 is 1.95 bits per heavy atom. The van der Waals surface area contributed by atoms with Crippen LogP contribution >= 0.6 is 0 Å². The number of para-hydroxylation sites is 1. The molecule has 0 radical (unpaired) electrons. The van der Waals surface area contributed by atoms with Crippen LogP contribution < -0.4 is 10.6 Å². The zero-order valence-corrected chi connectivity index (χ0v) is 11.9. The smallest absolute Gasteiger partial charge is 0.0405 e. The van der Waals surface area contributed by atoms with Crippen LogP contribution in [0.5, 0.6) is 0 Å². The Bertz CT molecular complexity index is 424. The molecular weight excluding hydrogens is 234 g/mol. The van der Waals surface area contributed by atoms with E-state index in [1.807, 2.05) is 0 Å². The van der Waals surface area contributed by atoms with Gasteiger partial charge in [0.1, 0.15) is 0 Å². The fourth-order valence-electron chi connectivity index (χ4n) is 3.63. The predicted molar refractivity (Wildman–Crippen MR) is 80.7 cm³/mol. The Balaban J connectivity index is 1.80. The summed E-state index contributed by atoms with van der Waals surface area (Å²) >= 11 is 0. The van der Waals surface area contributed by atoms with E-state index >= 15 is 0 Å². The molecule has 3 rings (SSSR count). The highest BCUT2D eigenvalue weighted by Crippen LogP contribution is 2.40. The summed E-state index contributed by atoms with van der Waals surface area (Å²) in [5, 5.41) is 0. The maximum atomic E-state index is 5.78. The Morgan fingerprint density at radius 1 is 1.21 bits per heavy atom. The molecule has 3 heteroatoms. The number of benzene rings is 1. The van der Waals surface area contributed by atoms with Crippen LogP contribution in [0, 0.1) is 0 Å². The van der Waals surface area contributed by atoms with Gasteiger partial charge < -0.3 is 15.5 Å². The third-order valence-corrected chi connectivity index (χ3v) is 4.75. The first-order valence-electron chi connectivity index (χ1n) is 7.53.